The predicted molar refractivity (Wildman–Crippen MR) is 112 cm³/mol. The normalized spacial score (nSPS) is 23.6. The Morgan fingerprint density at radius 1 is 1.17 bits per heavy atom. The first-order chi connectivity index (χ1) is 14.3. The minimum atomic E-state index is -1.47. The molecule has 1 heterocycles. The average Bonchev–Trinajstić information content (AvgIpc) is 2.74. The van der Waals surface area contributed by atoms with Gasteiger partial charge >= 0.3 is 11.9 Å². The number of carbonyl (C=O) groups is 2. The summed E-state index contributed by atoms with van der Waals surface area (Å²) in [5.74, 6) is -2.99. The average molecular weight is 410 g/mol. The topological polar surface area (TPSA) is 97.8 Å². The van der Waals surface area contributed by atoms with Gasteiger partial charge in [0, 0.05) is 36.1 Å². The fourth-order valence-electron chi connectivity index (χ4n) is 4.00. The van der Waals surface area contributed by atoms with Crippen molar-refractivity contribution in [2.45, 2.75) is 31.8 Å². The van der Waals surface area contributed by atoms with Crippen LogP contribution in [0.1, 0.15) is 30.4 Å². The zero-order valence-electron chi connectivity index (χ0n) is 17.5. The molecule has 0 aliphatic heterocycles. The number of hydrogen-bond donors (Lipinski definition) is 2. The third kappa shape index (κ3) is 4.21. The van der Waals surface area contributed by atoms with Gasteiger partial charge < -0.3 is 19.9 Å². The second kappa shape index (κ2) is 8.67. The van der Waals surface area contributed by atoms with Crippen LogP contribution in [0.2, 0.25) is 0 Å². The van der Waals surface area contributed by atoms with Crippen molar-refractivity contribution in [1.29, 1.82) is 0 Å². The second-order valence-corrected chi connectivity index (χ2v) is 7.67. The Morgan fingerprint density at radius 3 is 2.43 bits per heavy atom. The number of aromatic nitrogens is 1. The quantitative estimate of drug-likeness (QED) is 0.732. The minimum absolute atomic E-state index is 0.0435. The highest BCUT2D eigenvalue weighted by atomic mass is 16.5. The number of anilines is 1. The molecule has 1 aliphatic carbocycles. The van der Waals surface area contributed by atoms with E-state index in [4.69, 9.17) is 9.47 Å². The number of carbonyl (C=O) groups excluding carboxylic acids is 2. The smallest absolute Gasteiger partial charge is 0.336 e. The van der Waals surface area contributed by atoms with Gasteiger partial charge in [-0.15, -0.1) is 0 Å². The third-order valence-corrected chi connectivity index (χ3v) is 5.42. The summed E-state index contributed by atoms with van der Waals surface area (Å²) >= 11 is 0. The van der Waals surface area contributed by atoms with Gasteiger partial charge in [0.25, 0.3) is 0 Å². The molecular weight excluding hydrogens is 384 g/mol. The van der Waals surface area contributed by atoms with Crippen LogP contribution in [0.25, 0.3) is 0 Å². The summed E-state index contributed by atoms with van der Waals surface area (Å²) in [6.45, 7) is 3.55. The molecule has 0 fully saturated rings. The molecule has 7 heteroatoms. The molecule has 0 saturated heterocycles. The van der Waals surface area contributed by atoms with Gasteiger partial charge in [0.1, 0.15) is 0 Å². The van der Waals surface area contributed by atoms with E-state index in [-0.39, 0.29) is 12.0 Å². The van der Waals surface area contributed by atoms with Crippen molar-refractivity contribution in [2.75, 3.05) is 19.5 Å². The van der Waals surface area contributed by atoms with Crippen LogP contribution in [0.4, 0.5) is 5.69 Å². The van der Waals surface area contributed by atoms with Crippen LogP contribution in [0.5, 0.6) is 0 Å². The van der Waals surface area contributed by atoms with E-state index in [9.17, 15) is 14.7 Å². The van der Waals surface area contributed by atoms with Gasteiger partial charge in [-0.3, -0.25) is 9.78 Å². The van der Waals surface area contributed by atoms with E-state index in [0.717, 1.165) is 11.3 Å². The molecule has 3 atom stereocenters. The number of nitrogens with zero attached hydrogens (tertiary/aromatic N) is 1. The summed E-state index contributed by atoms with van der Waals surface area (Å²) in [5.41, 5.74) is 1.75. The van der Waals surface area contributed by atoms with Crippen LogP contribution in [0.3, 0.4) is 0 Å². The molecule has 0 amide bonds. The Kier molecular flexibility index (Phi) is 6.22. The van der Waals surface area contributed by atoms with E-state index >= 15 is 0 Å². The maximum absolute atomic E-state index is 12.9. The highest BCUT2D eigenvalue weighted by Gasteiger charge is 2.52. The molecule has 158 valence electrons. The fourth-order valence-corrected chi connectivity index (χ4v) is 4.00. The van der Waals surface area contributed by atoms with Crippen molar-refractivity contribution in [3.05, 3.63) is 71.2 Å². The number of methoxy groups -OCH3 is 2. The fraction of sp³-hybridized carbons (Fsp3) is 0.348. The molecule has 2 N–H and O–H groups in total. The molecule has 1 aromatic carbocycles. The van der Waals surface area contributed by atoms with Crippen molar-refractivity contribution < 1.29 is 24.2 Å². The maximum atomic E-state index is 12.9. The number of esters is 2. The Balaban J connectivity index is 2.22. The number of pyridine rings is 1. The summed E-state index contributed by atoms with van der Waals surface area (Å²) in [6.07, 6.45) is 3.22. The van der Waals surface area contributed by atoms with Crippen molar-refractivity contribution in [3.8, 4) is 0 Å². The van der Waals surface area contributed by atoms with Gasteiger partial charge in [0.05, 0.1) is 31.3 Å². The number of aryl methyl sites for hydroxylation is 1. The molecule has 30 heavy (non-hydrogen) atoms. The number of ether oxygens (including phenoxy) is 2. The molecule has 1 aromatic heterocycles. The lowest BCUT2D eigenvalue weighted by atomic mass is 9.66. The number of rotatable bonds is 5. The zero-order valence-corrected chi connectivity index (χ0v) is 17.5. The first kappa shape index (κ1) is 21.5. The number of nitrogens with one attached hydrogen (secondary N) is 1. The lowest BCUT2D eigenvalue weighted by Gasteiger charge is -2.42. The summed E-state index contributed by atoms with van der Waals surface area (Å²) in [6, 6.07) is 11.1. The molecule has 1 aliphatic rings. The molecule has 0 radical (unpaired) electrons. The van der Waals surface area contributed by atoms with Crippen LogP contribution in [0, 0.1) is 12.8 Å². The van der Waals surface area contributed by atoms with Crippen molar-refractivity contribution >= 4 is 17.6 Å². The van der Waals surface area contributed by atoms with Gasteiger partial charge in [-0.2, -0.15) is 0 Å². The van der Waals surface area contributed by atoms with Crippen LogP contribution in [-0.2, 0) is 19.1 Å². The van der Waals surface area contributed by atoms with E-state index in [1.165, 1.54) is 14.2 Å². The lowest BCUT2D eigenvalue weighted by Crippen LogP contribution is -2.49. The molecular formula is C23H26N2O5. The summed E-state index contributed by atoms with van der Waals surface area (Å²) in [7, 11) is 2.55. The van der Waals surface area contributed by atoms with Crippen molar-refractivity contribution in [3.63, 3.8) is 0 Å². The van der Waals surface area contributed by atoms with Crippen LogP contribution < -0.4 is 5.32 Å². The lowest BCUT2D eigenvalue weighted by molar-refractivity contribution is -0.157. The largest absolute Gasteiger partial charge is 0.469 e. The third-order valence-electron chi connectivity index (χ3n) is 5.42. The molecule has 0 spiro atoms. The zero-order chi connectivity index (χ0) is 21.9. The van der Waals surface area contributed by atoms with Gasteiger partial charge in [-0.1, -0.05) is 23.8 Å². The maximum Gasteiger partial charge on any atom is 0.336 e. The predicted octanol–water partition coefficient (Wildman–Crippen LogP) is 2.96. The highest BCUT2D eigenvalue weighted by Crippen LogP contribution is 2.47. The van der Waals surface area contributed by atoms with Gasteiger partial charge in [-0.05, 0) is 37.6 Å². The number of hydrogen-bond acceptors (Lipinski definition) is 7. The van der Waals surface area contributed by atoms with Crippen LogP contribution >= 0.6 is 0 Å². The standard InChI is InChI=1S/C23H26N2O5/c1-14-7-9-16(10-8-14)25-17-12-23(2,28)20(22(27)30-4)18(19(17)21(26)29-3)15-6-5-11-24-13-15/h5-11,13,18,20,25,28H,12H2,1-4H3/t18-,20+,23+/m1/s1. The molecule has 2 aromatic rings. The SMILES string of the molecule is COC(=O)C1=C(Nc2ccc(C)cc2)C[C@](C)(O)[C@H](C(=O)OC)[C@@H]1c1cccnc1. The number of benzene rings is 1. The Hall–Kier alpha value is -3.19. The van der Waals surface area contributed by atoms with E-state index in [2.05, 4.69) is 10.3 Å². The highest BCUT2D eigenvalue weighted by molar-refractivity contribution is 5.94. The van der Waals surface area contributed by atoms with E-state index in [1.54, 1.807) is 31.5 Å². The first-order valence-electron chi connectivity index (χ1n) is 9.63. The molecule has 0 unspecified atom stereocenters. The second-order valence-electron chi connectivity index (χ2n) is 7.67. The van der Waals surface area contributed by atoms with Crippen LogP contribution in [-0.4, -0.2) is 41.8 Å². The molecule has 3 rings (SSSR count). The Bertz CT molecular complexity index is 951. The van der Waals surface area contributed by atoms with Crippen molar-refractivity contribution in [1.82, 2.24) is 4.98 Å². The summed E-state index contributed by atoms with van der Waals surface area (Å²) < 4.78 is 10.1. The van der Waals surface area contributed by atoms with E-state index in [1.807, 2.05) is 31.2 Å². The first-order valence-corrected chi connectivity index (χ1v) is 9.63. The molecule has 7 nitrogen and oxygen atoms in total. The Labute approximate surface area is 175 Å². The minimum Gasteiger partial charge on any atom is -0.469 e. The Morgan fingerprint density at radius 2 is 1.87 bits per heavy atom. The van der Waals surface area contributed by atoms with E-state index < -0.39 is 29.4 Å². The molecule has 0 saturated carbocycles. The molecule has 0 bridgehead atoms. The van der Waals surface area contributed by atoms with Crippen LogP contribution in [0.15, 0.2) is 60.1 Å². The van der Waals surface area contributed by atoms with Gasteiger partial charge in [0.2, 0.25) is 0 Å². The van der Waals surface area contributed by atoms with Gasteiger partial charge in [0.15, 0.2) is 0 Å². The van der Waals surface area contributed by atoms with Gasteiger partial charge in [-0.25, -0.2) is 4.79 Å². The van der Waals surface area contributed by atoms with E-state index in [0.29, 0.717) is 11.3 Å². The monoisotopic (exact) mass is 410 g/mol. The number of aliphatic hydroxyl groups is 1. The summed E-state index contributed by atoms with van der Waals surface area (Å²) in [5, 5.41) is 14.5. The summed E-state index contributed by atoms with van der Waals surface area (Å²) in [4.78, 5) is 29.8. The van der Waals surface area contributed by atoms with Crippen molar-refractivity contribution in [2.24, 2.45) is 5.92 Å².